The molecule has 0 atom stereocenters. The van der Waals surface area contributed by atoms with E-state index in [2.05, 4.69) is 27.8 Å². The lowest BCUT2D eigenvalue weighted by molar-refractivity contribution is -0.116. The van der Waals surface area contributed by atoms with Gasteiger partial charge in [-0.3, -0.25) is 9.59 Å². The molecule has 1 aromatic heterocycles. The summed E-state index contributed by atoms with van der Waals surface area (Å²) in [4.78, 5) is 29.1. The molecule has 2 aromatic carbocycles. The van der Waals surface area contributed by atoms with Crippen LogP contribution in [0, 0.1) is 27.7 Å². The van der Waals surface area contributed by atoms with Crippen molar-refractivity contribution in [2.45, 2.75) is 38.5 Å². The quantitative estimate of drug-likeness (QED) is 0.491. The van der Waals surface area contributed by atoms with E-state index in [1.54, 1.807) is 0 Å². The molecule has 3 aromatic rings. The van der Waals surface area contributed by atoms with Gasteiger partial charge in [0.15, 0.2) is 4.34 Å². The van der Waals surface area contributed by atoms with E-state index in [0.717, 1.165) is 32.4 Å². The van der Waals surface area contributed by atoms with Gasteiger partial charge in [-0.15, -0.1) is 11.3 Å². The molecule has 5 nitrogen and oxygen atoms in total. The summed E-state index contributed by atoms with van der Waals surface area (Å²) in [5.74, 6) is 0.0992. The molecule has 0 aliphatic rings. The lowest BCUT2D eigenvalue weighted by atomic mass is 10.0. The smallest absolute Gasteiger partial charge is 0.234 e. The highest BCUT2D eigenvalue weighted by molar-refractivity contribution is 8.01. The molecule has 0 aliphatic heterocycles. The van der Waals surface area contributed by atoms with Gasteiger partial charge in [0, 0.05) is 16.8 Å². The van der Waals surface area contributed by atoms with Crippen molar-refractivity contribution in [1.82, 2.24) is 4.98 Å². The number of aromatic nitrogens is 1. The SMILES string of the molecule is Cc1ccc(NC(=O)CSc2nc(CC(=O)Nc3c(C)cc(C)cc3C)cs2)cc1. The fourth-order valence-electron chi connectivity index (χ4n) is 3.12. The zero-order valence-electron chi connectivity index (χ0n) is 17.5. The number of aryl methyl sites for hydroxylation is 4. The van der Waals surface area contributed by atoms with Gasteiger partial charge in [-0.2, -0.15) is 0 Å². The van der Waals surface area contributed by atoms with E-state index in [-0.39, 0.29) is 24.0 Å². The van der Waals surface area contributed by atoms with E-state index in [0.29, 0.717) is 5.69 Å². The molecule has 3 rings (SSSR count). The molecule has 0 radical (unpaired) electrons. The fourth-order valence-corrected chi connectivity index (χ4v) is 4.77. The summed E-state index contributed by atoms with van der Waals surface area (Å²) in [6, 6.07) is 11.8. The topological polar surface area (TPSA) is 71.1 Å². The normalized spacial score (nSPS) is 10.7. The Hall–Kier alpha value is -2.64. The molecule has 0 fully saturated rings. The molecule has 0 bridgehead atoms. The van der Waals surface area contributed by atoms with Gasteiger partial charge in [0.1, 0.15) is 0 Å². The molecular weight excluding hydrogens is 414 g/mol. The highest BCUT2D eigenvalue weighted by atomic mass is 32.2. The number of carbonyl (C=O) groups excluding carboxylic acids is 2. The third-order valence-electron chi connectivity index (χ3n) is 4.48. The largest absolute Gasteiger partial charge is 0.325 e. The first-order valence-electron chi connectivity index (χ1n) is 9.61. The summed E-state index contributed by atoms with van der Waals surface area (Å²) in [7, 11) is 0. The minimum absolute atomic E-state index is 0.0799. The van der Waals surface area contributed by atoms with E-state index in [1.807, 2.05) is 57.3 Å². The number of hydrogen-bond donors (Lipinski definition) is 2. The van der Waals surface area contributed by atoms with Crippen molar-refractivity contribution in [2.24, 2.45) is 0 Å². The van der Waals surface area contributed by atoms with Crippen LogP contribution in [0.2, 0.25) is 0 Å². The number of amides is 2. The third kappa shape index (κ3) is 6.18. The van der Waals surface area contributed by atoms with Gasteiger partial charge in [-0.05, 0) is 51.0 Å². The van der Waals surface area contributed by atoms with E-state index >= 15 is 0 Å². The minimum atomic E-state index is -0.0935. The van der Waals surface area contributed by atoms with E-state index < -0.39 is 0 Å². The summed E-state index contributed by atoms with van der Waals surface area (Å²) in [6.07, 6.45) is 0.208. The van der Waals surface area contributed by atoms with Crippen molar-refractivity contribution in [3.63, 3.8) is 0 Å². The van der Waals surface area contributed by atoms with Crippen LogP contribution in [0.25, 0.3) is 0 Å². The molecule has 0 saturated carbocycles. The number of rotatable bonds is 7. The van der Waals surface area contributed by atoms with Crippen molar-refractivity contribution in [3.05, 3.63) is 69.7 Å². The number of thioether (sulfide) groups is 1. The zero-order valence-corrected chi connectivity index (χ0v) is 19.2. The Labute approximate surface area is 185 Å². The maximum atomic E-state index is 12.5. The predicted octanol–water partition coefficient (Wildman–Crippen LogP) is 5.29. The molecule has 0 aliphatic carbocycles. The molecule has 2 amide bonds. The van der Waals surface area contributed by atoms with Crippen LogP contribution in [0.15, 0.2) is 46.1 Å². The van der Waals surface area contributed by atoms with Gasteiger partial charge in [-0.1, -0.05) is 47.2 Å². The summed E-state index contributed by atoms with van der Waals surface area (Å²) < 4.78 is 0.777. The summed E-state index contributed by atoms with van der Waals surface area (Å²) >= 11 is 2.82. The summed E-state index contributed by atoms with van der Waals surface area (Å²) in [5, 5.41) is 7.74. The fraction of sp³-hybridized carbons (Fsp3) is 0.261. The molecule has 1 heterocycles. The zero-order chi connectivity index (χ0) is 21.7. The van der Waals surface area contributed by atoms with Gasteiger partial charge in [0.05, 0.1) is 17.9 Å². The van der Waals surface area contributed by atoms with Crippen molar-refractivity contribution < 1.29 is 9.59 Å². The predicted molar refractivity (Wildman–Crippen MR) is 126 cm³/mol. The number of thiazole rings is 1. The standard InChI is InChI=1S/C23H25N3O2S2/c1-14-5-7-18(8-6-14)24-21(28)13-30-23-25-19(12-29-23)11-20(27)26-22-16(3)9-15(2)10-17(22)4/h5-10,12H,11,13H2,1-4H3,(H,24,28)(H,26,27). The van der Waals surface area contributed by atoms with E-state index in [4.69, 9.17) is 0 Å². The first-order valence-corrected chi connectivity index (χ1v) is 11.5. The van der Waals surface area contributed by atoms with Crippen LogP contribution in [0.5, 0.6) is 0 Å². The Bertz CT molecular complexity index is 1040. The second kappa shape index (κ2) is 9.91. The number of nitrogens with zero attached hydrogens (tertiary/aromatic N) is 1. The Morgan fingerprint density at radius 3 is 2.27 bits per heavy atom. The number of carbonyl (C=O) groups is 2. The first kappa shape index (κ1) is 22.1. The molecule has 0 spiro atoms. The van der Waals surface area contributed by atoms with Gasteiger partial charge >= 0.3 is 0 Å². The molecule has 156 valence electrons. The minimum Gasteiger partial charge on any atom is -0.325 e. The van der Waals surface area contributed by atoms with Crippen LogP contribution in [0.1, 0.15) is 27.9 Å². The van der Waals surface area contributed by atoms with Gasteiger partial charge < -0.3 is 10.6 Å². The molecule has 2 N–H and O–H groups in total. The second-order valence-electron chi connectivity index (χ2n) is 7.31. The average molecular weight is 440 g/mol. The van der Waals surface area contributed by atoms with Crippen LogP contribution >= 0.6 is 23.1 Å². The van der Waals surface area contributed by atoms with Crippen molar-refractivity contribution in [1.29, 1.82) is 0 Å². The maximum absolute atomic E-state index is 12.5. The summed E-state index contributed by atoms with van der Waals surface area (Å²) in [6.45, 7) is 8.04. The summed E-state index contributed by atoms with van der Waals surface area (Å²) in [5.41, 5.74) is 6.78. The lowest BCUT2D eigenvalue weighted by Crippen LogP contribution is -2.16. The molecule has 30 heavy (non-hydrogen) atoms. The number of hydrogen-bond acceptors (Lipinski definition) is 5. The van der Waals surface area contributed by atoms with Crippen molar-refractivity contribution >= 4 is 46.3 Å². The average Bonchev–Trinajstić information content (AvgIpc) is 3.12. The van der Waals surface area contributed by atoms with E-state index in [9.17, 15) is 9.59 Å². The Morgan fingerprint density at radius 2 is 1.60 bits per heavy atom. The van der Waals surface area contributed by atoms with Crippen LogP contribution in [-0.2, 0) is 16.0 Å². The Morgan fingerprint density at radius 1 is 0.933 bits per heavy atom. The van der Waals surface area contributed by atoms with Crippen LogP contribution < -0.4 is 10.6 Å². The molecule has 0 saturated heterocycles. The highest BCUT2D eigenvalue weighted by Gasteiger charge is 2.12. The van der Waals surface area contributed by atoms with Gasteiger partial charge in [0.25, 0.3) is 0 Å². The van der Waals surface area contributed by atoms with Crippen molar-refractivity contribution in [2.75, 3.05) is 16.4 Å². The number of nitrogens with one attached hydrogen (secondary N) is 2. The Balaban J connectivity index is 1.50. The first-order chi connectivity index (χ1) is 14.3. The van der Waals surface area contributed by atoms with Crippen LogP contribution in [-0.4, -0.2) is 22.6 Å². The van der Waals surface area contributed by atoms with Crippen LogP contribution in [0.3, 0.4) is 0 Å². The number of anilines is 2. The van der Waals surface area contributed by atoms with Crippen LogP contribution in [0.4, 0.5) is 11.4 Å². The van der Waals surface area contributed by atoms with Gasteiger partial charge in [-0.25, -0.2) is 4.98 Å². The maximum Gasteiger partial charge on any atom is 0.234 e. The lowest BCUT2D eigenvalue weighted by Gasteiger charge is -2.12. The second-order valence-corrected chi connectivity index (χ2v) is 9.39. The van der Waals surface area contributed by atoms with E-state index in [1.165, 1.54) is 28.7 Å². The van der Waals surface area contributed by atoms with Gasteiger partial charge in [0.2, 0.25) is 11.8 Å². The Kier molecular flexibility index (Phi) is 7.29. The molecule has 0 unspecified atom stereocenters. The third-order valence-corrected chi connectivity index (χ3v) is 6.55. The highest BCUT2D eigenvalue weighted by Crippen LogP contribution is 2.25. The van der Waals surface area contributed by atoms with Crippen molar-refractivity contribution in [3.8, 4) is 0 Å². The number of benzene rings is 2. The molecule has 7 heteroatoms. The monoisotopic (exact) mass is 439 g/mol. The molecular formula is C23H25N3O2S2.